The second-order valence-electron chi connectivity index (χ2n) is 12.1. The van der Waals surface area contributed by atoms with E-state index in [4.69, 9.17) is 0 Å². The molecule has 0 bridgehead atoms. The van der Waals surface area contributed by atoms with Crippen LogP contribution >= 0.6 is 0 Å². The van der Waals surface area contributed by atoms with Gasteiger partial charge in [0.15, 0.2) is 0 Å². The zero-order chi connectivity index (χ0) is 19.5. The second kappa shape index (κ2) is 7.40. The molecule has 0 amide bonds. The molecule has 1 heterocycles. The quantitative estimate of drug-likeness (QED) is 0.612. The number of rotatable bonds is 3. The molecule has 5 fully saturated rings. The lowest BCUT2D eigenvalue weighted by Gasteiger charge is -2.56. The van der Waals surface area contributed by atoms with Gasteiger partial charge in [0.1, 0.15) is 5.78 Å². The van der Waals surface area contributed by atoms with Crippen LogP contribution in [0.1, 0.15) is 85.0 Å². The molecular weight excluding hydrogens is 342 g/mol. The van der Waals surface area contributed by atoms with Crippen molar-refractivity contribution in [2.24, 2.45) is 52.8 Å². The highest BCUT2D eigenvalue weighted by atomic mass is 16.1. The van der Waals surface area contributed by atoms with E-state index in [0.717, 1.165) is 61.1 Å². The Bertz CT molecular complexity index is 601. The monoisotopic (exact) mass is 385 g/mol. The fourth-order valence-corrected chi connectivity index (χ4v) is 9.12. The molecule has 2 nitrogen and oxygen atoms in total. The fraction of sp³-hybridized carbons (Fsp3) is 0.962. The Balaban J connectivity index is 1.28. The van der Waals surface area contributed by atoms with E-state index in [2.05, 4.69) is 25.7 Å². The van der Waals surface area contributed by atoms with Gasteiger partial charge in [0.25, 0.3) is 0 Å². The van der Waals surface area contributed by atoms with E-state index in [9.17, 15) is 4.79 Å². The van der Waals surface area contributed by atoms with E-state index in [1.165, 1.54) is 64.2 Å². The maximum absolute atomic E-state index is 13.4. The lowest BCUT2D eigenvalue weighted by atomic mass is 9.49. The largest absolute Gasteiger partial charge is 0.298 e. The van der Waals surface area contributed by atoms with Gasteiger partial charge in [-0.3, -0.25) is 9.69 Å². The van der Waals surface area contributed by atoms with E-state index in [1.54, 1.807) is 0 Å². The first-order chi connectivity index (χ1) is 13.5. The fourth-order valence-electron chi connectivity index (χ4n) is 9.12. The minimum absolute atomic E-state index is 0.318. The summed E-state index contributed by atoms with van der Waals surface area (Å²) in [6.45, 7) is 10.4. The molecule has 9 unspecified atom stereocenters. The minimum Gasteiger partial charge on any atom is -0.298 e. The van der Waals surface area contributed by atoms with Gasteiger partial charge in [0.2, 0.25) is 0 Å². The Morgan fingerprint density at radius 2 is 1.71 bits per heavy atom. The molecule has 0 spiro atoms. The number of hydrogen-bond acceptors (Lipinski definition) is 2. The maximum atomic E-state index is 13.4. The number of nitrogens with zero attached hydrogens (tertiary/aromatic N) is 1. The van der Waals surface area contributed by atoms with Crippen molar-refractivity contribution >= 4 is 5.78 Å². The first-order valence-electron chi connectivity index (χ1n) is 12.7. The third kappa shape index (κ3) is 3.21. The zero-order valence-electron chi connectivity index (χ0n) is 18.7. The molecule has 0 aromatic rings. The molecule has 158 valence electrons. The Hall–Kier alpha value is -0.370. The summed E-state index contributed by atoms with van der Waals surface area (Å²) in [5.41, 5.74) is 0.318. The molecule has 5 rings (SSSR count). The van der Waals surface area contributed by atoms with Crippen LogP contribution in [0.5, 0.6) is 0 Å². The molecule has 5 aliphatic rings. The van der Waals surface area contributed by atoms with Crippen molar-refractivity contribution in [2.45, 2.75) is 85.0 Å². The van der Waals surface area contributed by atoms with Gasteiger partial charge in [-0.05, 0) is 111 Å². The summed E-state index contributed by atoms with van der Waals surface area (Å²) < 4.78 is 0. The molecule has 1 aliphatic heterocycles. The lowest BCUT2D eigenvalue weighted by molar-refractivity contribution is -0.131. The van der Waals surface area contributed by atoms with Gasteiger partial charge in [-0.15, -0.1) is 0 Å². The van der Waals surface area contributed by atoms with Crippen LogP contribution in [0, 0.1) is 52.8 Å². The summed E-state index contributed by atoms with van der Waals surface area (Å²) in [5, 5.41) is 0. The molecule has 0 radical (unpaired) electrons. The molecule has 0 N–H and O–H groups in total. The number of ketones is 1. The molecular formula is C26H43NO. The highest BCUT2D eigenvalue weighted by Gasteiger charge is 2.58. The van der Waals surface area contributed by atoms with Crippen LogP contribution in [0.2, 0.25) is 0 Å². The van der Waals surface area contributed by atoms with E-state index >= 15 is 0 Å². The number of carbonyl (C=O) groups is 1. The second-order valence-corrected chi connectivity index (χ2v) is 12.1. The van der Waals surface area contributed by atoms with E-state index < -0.39 is 0 Å². The van der Waals surface area contributed by atoms with Gasteiger partial charge >= 0.3 is 0 Å². The molecule has 4 saturated carbocycles. The summed E-state index contributed by atoms with van der Waals surface area (Å²) in [6, 6.07) is 0. The predicted octanol–water partition coefficient (Wildman–Crippen LogP) is 5.80. The normalized spacial score (nSPS) is 51.4. The molecule has 2 heteroatoms. The van der Waals surface area contributed by atoms with Gasteiger partial charge in [-0.25, -0.2) is 0 Å². The average molecular weight is 386 g/mol. The van der Waals surface area contributed by atoms with Crippen molar-refractivity contribution in [3.8, 4) is 0 Å². The molecule has 0 aromatic heterocycles. The summed E-state index contributed by atoms with van der Waals surface area (Å²) in [4.78, 5) is 15.8. The standard InChI is InChI=1S/C26H43NO/c1-17-4-6-20-19(14-17)5-7-22-21(20)10-12-26(3)23(22)8-9-24(26)25(28)16-27-13-11-18(2)15-27/h17-24H,4-16H2,1-3H3. The Morgan fingerprint density at radius 3 is 2.50 bits per heavy atom. The first kappa shape index (κ1) is 19.6. The summed E-state index contributed by atoms with van der Waals surface area (Å²) >= 11 is 0. The number of fused-ring (bicyclic) bond motifs is 5. The van der Waals surface area contributed by atoms with Crippen LogP contribution in [0.15, 0.2) is 0 Å². The highest BCUT2D eigenvalue weighted by Crippen LogP contribution is 2.64. The topological polar surface area (TPSA) is 20.3 Å². The van der Waals surface area contributed by atoms with Crippen molar-refractivity contribution in [1.82, 2.24) is 4.90 Å². The van der Waals surface area contributed by atoms with Gasteiger partial charge in [-0.1, -0.05) is 27.2 Å². The van der Waals surface area contributed by atoms with Crippen LogP contribution in [0.4, 0.5) is 0 Å². The van der Waals surface area contributed by atoms with Crippen molar-refractivity contribution in [2.75, 3.05) is 19.6 Å². The summed E-state index contributed by atoms with van der Waals surface area (Å²) in [5.74, 6) is 7.55. The molecule has 28 heavy (non-hydrogen) atoms. The number of hydrogen-bond donors (Lipinski definition) is 0. The van der Waals surface area contributed by atoms with Crippen LogP contribution in [-0.2, 0) is 4.79 Å². The third-order valence-electron chi connectivity index (χ3n) is 10.5. The van der Waals surface area contributed by atoms with E-state index in [1.807, 2.05) is 0 Å². The van der Waals surface area contributed by atoms with Crippen molar-refractivity contribution in [3.63, 3.8) is 0 Å². The van der Waals surface area contributed by atoms with E-state index in [0.29, 0.717) is 17.1 Å². The predicted molar refractivity (Wildman–Crippen MR) is 115 cm³/mol. The van der Waals surface area contributed by atoms with Crippen LogP contribution in [0.3, 0.4) is 0 Å². The van der Waals surface area contributed by atoms with Crippen LogP contribution in [0.25, 0.3) is 0 Å². The van der Waals surface area contributed by atoms with Crippen molar-refractivity contribution in [1.29, 1.82) is 0 Å². The van der Waals surface area contributed by atoms with Gasteiger partial charge < -0.3 is 0 Å². The van der Waals surface area contributed by atoms with E-state index in [-0.39, 0.29) is 0 Å². The number of Topliss-reactive ketones (excluding diaryl/α,β-unsaturated/α-hetero) is 1. The zero-order valence-corrected chi connectivity index (χ0v) is 18.7. The summed E-state index contributed by atoms with van der Waals surface area (Å²) in [6.07, 6.45) is 14.0. The Labute approximate surface area is 173 Å². The van der Waals surface area contributed by atoms with Gasteiger partial charge in [-0.2, -0.15) is 0 Å². The number of likely N-dealkylation sites (tertiary alicyclic amines) is 1. The highest BCUT2D eigenvalue weighted by molar-refractivity contribution is 5.84. The maximum Gasteiger partial charge on any atom is 0.150 e. The molecule has 4 aliphatic carbocycles. The summed E-state index contributed by atoms with van der Waals surface area (Å²) in [7, 11) is 0. The van der Waals surface area contributed by atoms with Crippen molar-refractivity contribution < 1.29 is 4.79 Å². The molecule has 1 saturated heterocycles. The van der Waals surface area contributed by atoms with Gasteiger partial charge in [0, 0.05) is 12.5 Å². The lowest BCUT2D eigenvalue weighted by Crippen LogP contribution is -2.50. The molecule has 0 aromatic carbocycles. The Morgan fingerprint density at radius 1 is 0.893 bits per heavy atom. The van der Waals surface area contributed by atoms with Crippen LogP contribution in [-0.4, -0.2) is 30.3 Å². The van der Waals surface area contributed by atoms with Gasteiger partial charge in [0.05, 0.1) is 6.54 Å². The molecule has 9 atom stereocenters. The van der Waals surface area contributed by atoms with Crippen molar-refractivity contribution in [3.05, 3.63) is 0 Å². The first-order valence-corrected chi connectivity index (χ1v) is 12.7. The minimum atomic E-state index is 0.318. The smallest absolute Gasteiger partial charge is 0.150 e. The average Bonchev–Trinajstić information content (AvgIpc) is 3.23. The van der Waals surface area contributed by atoms with Crippen LogP contribution < -0.4 is 0 Å². The Kier molecular flexibility index (Phi) is 5.17. The number of carbonyl (C=O) groups excluding carboxylic acids is 1. The SMILES string of the molecule is CC1CCC2C(CCC3C2CCC2(C)C(C(=O)CN4CCC(C)C4)CCC32)C1. The third-order valence-corrected chi connectivity index (χ3v) is 10.5.